The number of aliphatic hydroxyl groups is 1. The Hall–Kier alpha value is -0.500. The number of nitrogens with zero attached hydrogens (tertiary/aromatic N) is 1. The number of aliphatic hydroxyl groups excluding tert-OH is 1. The van der Waals surface area contributed by atoms with E-state index < -0.39 is 22.4 Å². The molecule has 1 aromatic rings. The van der Waals surface area contributed by atoms with Crippen molar-refractivity contribution in [1.29, 1.82) is 0 Å². The van der Waals surface area contributed by atoms with Gasteiger partial charge >= 0.3 is 0 Å². The lowest BCUT2D eigenvalue weighted by atomic mass is 10.2. The molecule has 21 heavy (non-hydrogen) atoms. The number of rotatable bonds is 6. The lowest BCUT2D eigenvalue weighted by Crippen LogP contribution is -2.35. The van der Waals surface area contributed by atoms with Gasteiger partial charge in [-0.15, -0.1) is 0 Å². The first kappa shape index (κ1) is 15.4. The smallest absolute Gasteiger partial charge is 0.246 e. The topological polar surface area (TPSA) is 57.6 Å². The van der Waals surface area contributed by atoms with Gasteiger partial charge in [0.05, 0.1) is 6.61 Å². The molecule has 1 N–H and O–H groups in total. The van der Waals surface area contributed by atoms with E-state index in [9.17, 15) is 17.9 Å². The van der Waals surface area contributed by atoms with E-state index in [1.807, 2.05) is 0 Å². The summed E-state index contributed by atoms with van der Waals surface area (Å²) in [6, 6.07) is 2.69. The molecule has 7 heteroatoms. The van der Waals surface area contributed by atoms with Gasteiger partial charge < -0.3 is 5.11 Å². The highest BCUT2D eigenvalue weighted by atomic mass is 79.9. The van der Waals surface area contributed by atoms with Crippen molar-refractivity contribution in [2.45, 2.75) is 43.2 Å². The minimum atomic E-state index is -3.86. The second-order valence-corrected chi connectivity index (χ2v) is 8.56. The monoisotopic (exact) mass is 377 g/mol. The van der Waals surface area contributed by atoms with Crippen molar-refractivity contribution in [3.05, 3.63) is 28.0 Å². The molecule has 0 radical (unpaired) electrons. The standard InChI is InChI=1S/C14H17BrFNO3S/c15-11-5-10(8-18)14(16)13(6-11)21(19,20)17(12-3-4-12)7-9-1-2-9/h5-6,9,12,18H,1-4,7-8H2. The highest BCUT2D eigenvalue weighted by molar-refractivity contribution is 9.10. The summed E-state index contributed by atoms with van der Waals surface area (Å²) in [6.07, 6.45) is 3.77. The molecule has 3 rings (SSSR count). The van der Waals surface area contributed by atoms with Gasteiger partial charge in [-0.25, -0.2) is 12.8 Å². The summed E-state index contributed by atoms with van der Waals surface area (Å²) < 4.78 is 41.9. The van der Waals surface area contributed by atoms with E-state index in [1.165, 1.54) is 16.4 Å². The second-order valence-electron chi connectivity index (χ2n) is 5.78. The third kappa shape index (κ3) is 3.16. The number of halogens is 2. The molecule has 4 nitrogen and oxygen atoms in total. The molecule has 1 aromatic carbocycles. The number of hydrogen-bond donors (Lipinski definition) is 1. The van der Waals surface area contributed by atoms with Crippen LogP contribution in [0.2, 0.25) is 0 Å². The normalized spacial score (nSPS) is 19.2. The van der Waals surface area contributed by atoms with E-state index in [0.29, 0.717) is 16.9 Å². The van der Waals surface area contributed by atoms with Gasteiger partial charge in [0.1, 0.15) is 10.7 Å². The van der Waals surface area contributed by atoms with Gasteiger partial charge in [0.15, 0.2) is 0 Å². The summed E-state index contributed by atoms with van der Waals surface area (Å²) in [5, 5.41) is 9.18. The molecule has 0 aromatic heterocycles. The van der Waals surface area contributed by atoms with E-state index in [4.69, 9.17) is 0 Å². The molecule has 116 valence electrons. The van der Waals surface area contributed by atoms with Gasteiger partial charge in [0.2, 0.25) is 10.0 Å². The van der Waals surface area contributed by atoms with Crippen LogP contribution in [-0.4, -0.2) is 30.4 Å². The molecular weight excluding hydrogens is 361 g/mol. The average Bonchev–Trinajstić information content (AvgIpc) is 3.30. The Morgan fingerprint density at radius 1 is 1.29 bits per heavy atom. The molecule has 0 heterocycles. The fraction of sp³-hybridized carbons (Fsp3) is 0.571. The SMILES string of the molecule is O=S(=O)(c1cc(Br)cc(CO)c1F)N(CC1CC1)C1CC1. The third-order valence-corrected chi connectivity index (χ3v) is 6.30. The van der Waals surface area contributed by atoms with Crippen LogP contribution < -0.4 is 0 Å². The predicted octanol–water partition coefficient (Wildman–Crippen LogP) is 2.64. The van der Waals surface area contributed by atoms with Crippen LogP contribution in [0.5, 0.6) is 0 Å². The molecule has 0 bridgehead atoms. The largest absolute Gasteiger partial charge is 0.392 e. The van der Waals surface area contributed by atoms with Crippen LogP contribution in [0.3, 0.4) is 0 Å². The second kappa shape index (κ2) is 5.61. The van der Waals surface area contributed by atoms with E-state index in [2.05, 4.69) is 15.9 Å². The zero-order valence-corrected chi connectivity index (χ0v) is 13.8. The fourth-order valence-corrected chi connectivity index (χ4v) is 4.96. The lowest BCUT2D eigenvalue weighted by molar-refractivity contribution is 0.274. The molecule has 0 atom stereocenters. The average molecular weight is 378 g/mol. The fourth-order valence-electron chi connectivity index (χ4n) is 2.41. The first-order chi connectivity index (χ1) is 9.93. The summed E-state index contributed by atoms with van der Waals surface area (Å²) in [5.41, 5.74) is -0.00915. The Morgan fingerprint density at radius 2 is 1.95 bits per heavy atom. The first-order valence-electron chi connectivity index (χ1n) is 7.04. The van der Waals surface area contributed by atoms with E-state index >= 15 is 0 Å². The molecule has 2 aliphatic carbocycles. The molecule has 0 unspecified atom stereocenters. The maximum Gasteiger partial charge on any atom is 0.246 e. The van der Waals surface area contributed by atoms with Gasteiger partial charge in [-0.2, -0.15) is 4.31 Å². The van der Waals surface area contributed by atoms with E-state index in [1.54, 1.807) is 0 Å². The lowest BCUT2D eigenvalue weighted by Gasteiger charge is -2.22. The molecule has 0 spiro atoms. The first-order valence-corrected chi connectivity index (χ1v) is 9.27. The predicted molar refractivity (Wildman–Crippen MR) is 79.7 cm³/mol. The summed E-state index contributed by atoms with van der Waals surface area (Å²) in [4.78, 5) is -0.339. The van der Waals surface area contributed by atoms with Gasteiger partial charge in [-0.1, -0.05) is 15.9 Å². The van der Waals surface area contributed by atoms with Gasteiger partial charge in [0, 0.05) is 22.6 Å². The molecule has 2 saturated carbocycles. The maximum atomic E-state index is 14.4. The van der Waals surface area contributed by atoms with Crippen LogP contribution in [0.15, 0.2) is 21.5 Å². The van der Waals surface area contributed by atoms with Crippen LogP contribution in [0.25, 0.3) is 0 Å². The zero-order valence-electron chi connectivity index (χ0n) is 11.4. The summed E-state index contributed by atoms with van der Waals surface area (Å²) in [5.74, 6) is -0.435. The van der Waals surface area contributed by atoms with Gasteiger partial charge in [-0.3, -0.25) is 0 Å². The van der Waals surface area contributed by atoms with Gasteiger partial charge in [0.25, 0.3) is 0 Å². The van der Waals surface area contributed by atoms with Crippen LogP contribution >= 0.6 is 15.9 Å². The number of hydrogen-bond acceptors (Lipinski definition) is 3. The minimum Gasteiger partial charge on any atom is -0.392 e. The quantitative estimate of drug-likeness (QED) is 0.828. The Balaban J connectivity index is 2.01. The minimum absolute atomic E-state index is 0.00607. The number of sulfonamides is 1. The van der Waals surface area contributed by atoms with Crippen LogP contribution in [-0.2, 0) is 16.6 Å². The Labute approximate surface area is 132 Å². The van der Waals surface area contributed by atoms with Gasteiger partial charge in [-0.05, 0) is 43.7 Å². The molecule has 2 aliphatic rings. The van der Waals surface area contributed by atoms with Crippen molar-refractivity contribution < 1.29 is 17.9 Å². The number of benzene rings is 1. The molecule has 0 saturated heterocycles. The molecule has 2 fully saturated rings. The Bertz CT molecular complexity index is 656. The Kier molecular flexibility index (Phi) is 4.11. The zero-order chi connectivity index (χ0) is 15.2. The van der Waals surface area contributed by atoms with Crippen LogP contribution in [0.1, 0.15) is 31.2 Å². The summed E-state index contributed by atoms with van der Waals surface area (Å²) >= 11 is 3.18. The molecular formula is C14H17BrFNO3S. The van der Waals surface area contributed by atoms with Crippen molar-refractivity contribution in [2.75, 3.05) is 6.54 Å². The highest BCUT2D eigenvalue weighted by Crippen LogP contribution is 2.39. The van der Waals surface area contributed by atoms with E-state index in [-0.39, 0.29) is 16.5 Å². The van der Waals surface area contributed by atoms with Crippen molar-refractivity contribution in [3.8, 4) is 0 Å². The van der Waals surface area contributed by atoms with Crippen LogP contribution in [0.4, 0.5) is 4.39 Å². The highest BCUT2D eigenvalue weighted by Gasteiger charge is 2.42. The summed E-state index contributed by atoms with van der Waals surface area (Å²) in [6.45, 7) is -0.0484. The van der Waals surface area contributed by atoms with Crippen molar-refractivity contribution in [1.82, 2.24) is 4.31 Å². The van der Waals surface area contributed by atoms with Crippen molar-refractivity contribution in [3.63, 3.8) is 0 Å². The van der Waals surface area contributed by atoms with E-state index in [0.717, 1.165) is 25.7 Å². The maximum absolute atomic E-state index is 14.4. The van der Waals surface area contributed by atoms with Crippen molar-refractivity contribution >= 4 is 26.0 Å². The van der Waals surface area contributed by atoms with Crippen molar-refractivity contribution in [2.24, 2.45) is 5.92 Å². The Morgan fingerprint density at radius 3 is 2.48 bits per heavy atom. The molecule has 0 amide bonds. The molecule has 0 aliphatic heterocycles. The summed E-state index contributed by atoms with van der Waals surface area (Å²) in [7, 11) is -3.86. The van der Waals surface area contributed by atoms with Crippen LogP contribution in [0, 0.1) is 11.7 Å². The third-order valence-electron chi connectivity index (χ3n) is 3.93.